The van der Waals surface area contributed by atoms with Gasteiger partial charge in [-0.2, -0.15) is 0 Å². The largest absolute Gasteiger partial charge is 0.486 e. The molecule has 11 heteroatoms. The van der Waals surface area contributed by atoms with E-state index >= 15 is 0 Å². The standard InChI is InChI=1S/C27H36FN3O6S/c1-4-14-29-27(33)23(5-2)30(19-20-8-10-21(28)11-9-20)26(32)7-6-15-31(38(3,34)35)22-12-13-24-25(18-22)37-17-16-36-24/h8-13,18,23H,4-7,14-17,19H2,1-3H3,(H,29,33). The van der Waals surface area contributed by atoms with E-state index in [1.807, 2.05) is 13.8 Å². The summed E-state index contributed by atoms with van der Waals surface area (Å²) in [5.41, 5.74) is 1.10. The van der Waals surface area contributed by atoms with Crippen molar-refractivity contribution < 1.29 is 31.9 Å². The third-order valence-electron chi connectivity index (χ3n) is 6.17. The summed E-state index contributed by atoms with van der Waals surface area (Å²) in [6.07, 6.45) is 2.52. The number of rotatable bonds is 13. The summed E-state index contributed by atoms with van der Waals surface area (Å²) < 4.78 is 51.0. The van der Waals surface area contributed by atoms with Gasteiger partial charge in [0.25, 0.3) is 0 Å². The van der Waals surface area contributed by atoms with Crippen LogP contribution in [0.4, 0.5) is 10.1 Å². The summed E-state index contributed by atoms with van der Waals surface area (Å²) in [5, 5.41) is 2.85. The number of ether oxygens (including phenoxy) is 2. The second-order valence-electron chi connectivity index (χ2n) is 9.13. The molecule has 1 unspecified atom stereocenters. The number of amides is 2. The Hall–Kier alpha value is -3.34. The smallest absolute Gasteiger partial charge is 0.242 e. The van der Waals surface area contributed by atoms with Gasteiger partial charge in [-0.3, -0.25) is 13.9 Å². The molecule has 9 nitrogen and oxygen atoms in total. The average Bonchev–Trinajstić information content (AvgIpc) is 2.89. The van der Waals surface area contributed by atoms with Crippen LogP contribution in [0.15, 0.2) is 42.5 Å². The maximum absolute atomic E-state index is 13.4. The van der Waals surface area contributed by atoms with Gasteiger partial charge in [0.2, 0.25) is 21.8 Å². The summed E-state index contributed by atoms with van der Waals surface area (Å²) in [5.74, 6) is 0.0847. The van der Waals surface area contributed by atoms with E-state index in [4.69, 9.17) is 9.47 Å². The molecule has 208 valence electrons. The molecule has 1 N–H and O–H groups in total. The molecule has 0 aliphatic carbocycles. The molecule has 0 fully saturated rings. The molecule has 3 rings (SSSR count). The Kier molecular flexibility index (Phi) is 10.3. The molecule has 1 aliphatic rings. The first-order valence-corrected chi connectivity index (χ1v) is 14.7. The number of fused-ring (bicyclic) bond motifs is 1. The Morgan fingerprint density at radius 3 is 2.37 bits per heavy atom. The summed E-state index contributed by atoms with van der Waals surface area (Å²) in [6, 6.07) is 10.0. The first-order chi connectivity index (χ1) is 18.1. The van der Waals surface area contributed by atoms with E-state index in [1.54, 1.807) is 30.3 Å². The van der Waals surface area contributed by atoms with Crippen molar-refractivity contribution in [3.8, 4) is 11.5 Å². The van der Waals surface area contributed by atoms with E-state index in [9.17, 15) is 22.4 Å². The van der Waals surface area contributed by atoms with E-state index in [-0.39, 0.29) is 43.6 Å². The fraction of sp³-hybridized carbons (Fsp3) is 0.481. The number of carbonyl (C=O) groups excluding carboxylic acids is 2. The molecule has 0 aromatic heterocycles. The van der Waals surface area contributed by atoms with Gasteiger partial charge >= 0.3 is 0 Å². The minimum absolute atomic E-state index is 0.0231. The Bertz CT molecular complexity index is 1210. The SMILES string of the molecule is CCCNC(=O)C(CC)N(Cc1ccc(F)cc1)C(=O)CCCN(c1ccc2c(c1)OCCO2)S(C)(=O)=O. The van der Waals surface area contributed by atoms with Gasteiger partial charge in [-0.05, 0) is 49.1 Å². The molecule has 2 aromatic rings. The molecule has 1 atom stereocenters. The lowest BCUT2D eigenvalue weighted by molar-refractivity contribution is -0.141. The van der Waals surface area contributed by atoms with Gasteiger partial charge in [0.15, 0.2) is 11.5 Å². The Balaban J connectivity index is 1.75. The molecule has 2 amide bonds. The van der Waals surface area contributed by atoms with Crippen molar-refractivity contribution in [1.82, 2.24) is 10.2 Å². The number of hydrogen-bond donors (Lipinski definition) is 1. The summed E-state index contributed by atoms with van der Waals surface area (Å²) in [6.45, 7) is 5.26. The highest BCUT2D eigenvalue weighted by Gasteiger charge is 2.29. The van der Waals surface area contributed by atoms with Crippen LogP contribution in [0.2, 0.25) is 0 Å². The van der Waals surface area contributed by atoms with Crippen LogP contribution >= 0.6 is 0 Å². The Morgan fingerprint density at radius 1 is 1.05 bits per heavy atom. The second kappa shape index (κ2) is 13.5. The Labute approximate surface area is 224 Å². The van der Waals surface area contributed by atoms with Crippen molar-refractivity contribution in [2.45, 2.75) is 52.1 Å². The van der Waals surface area contributed by atoms with Crippen molar-refractivity contribution in [3.63, 3.8) is 0 Å². The first-order valence-electron chi connectivity index (χ1n) is 12.8. The fourth-order valence-corrected chi connectivity index (χ4v) is 5.22. The number of hydrogen-bond acceptors (Lipinski definition) is 6. The molecule has 1 aliphatic heterocycles. The van der Waals surface area contributed by atoms with Crippen LogP contribution < -0.4 is 19.1 Å². The molecule has 0 saturated heterocycles. The van der Waals surface area contributed by atoms with E-state index in [0.29, 0.717) is 48.9 Å². The topological polar surface area (TPSA) is 105 Å². The van der Waals surface area contributed by atoms with Gasteiger partial charge < -0.3 is 19.7 Å². The number of halogens is 1. The molecular formula is C27H36FN3O6S. The van der Waals surface area contributed by atoms with Crippen LogP contribution in [-0.2, 0) is 26.2 Å². The average molecular weight is 550 g/mol. The summed E-state index contributed by atoms with van der Waals surface area (Å²) in [4.78, 5) is 27.8. The predicted molar refractivity (Wildman–Crippen MR) is 143 cm³/mol. The second-order valence-corrected chi connectivity index (χ2v) is 11.0. The van der Waals surface area contributed by atoms with Crippen LogP contribution in [0.25, 0.3) is 0 Å². The third kappa shape index (κ3) is 7.83. The zero-order valence-electron chi connectivity index (χ0n) is 22.1. The van der Waals surface area contributed by atoms with Crippen LogP contribution in [0, 0.1) is 5.82 Å². The van der Waals surface area contributed by atoms with Crippen LogP contribution in [0.3, 0.4) is 0 Å². The van der Waals surface area contributed by atoms with E-state index in [2.05, 4.69) is 5.32 Å². The minimum atomic E-state index is -3.65. The molecule has 0 radical (unpaired) electrons. The lowest BCUT2D eigenvalue weighted by Gasteiger charge is -2.31. The van der Waals surface area contributed by atoms with Crippen LogP contribution in [-0.4, -0.2) is 63.7 Å². The van der Waals surface area contributed by atoms with Crippen molar-refractivity contribution in [2.24, 2.45) is 0 Å². The fourth-order valence-electron chi connectivity index (χ4n) is 4.26. The van der Waals surface area contributed by atoms with Gasteiger partial charge in [-0.25, -0.2) is 12.8 Å². The van der Waals surface area contributed by atoms with E-state index in [1.165, 1.54) is 21.3 Å². The minimum Gasteiger partial charge on any atom is -0.486 e. The molecule has 1 heterocycles. The monoisotopic (exact) mass is 549 g/mol. The number of nitrogens with one attached hydrogen (secondary N) is 1. The summed E-state index contributed by atoms with van der Waals surface area (Å²) >= 11 is 0. The first kappa shape index (κ1) is 29.2. The number of carbonyl (C=O) groups is 2. The molecule has 0 bridgehead atoms. The highest BCUT2D eigenvalue weighted by molar-refractivity contribution is 7.92. The molecule has 2 aromatic carbocycles. The number of benzene rings is 2. The predicted octanol–water partition coefficient (Wildman–Crippen LogP) is 3.48. The van der Waals surface area contributed by atoms with Gasteiger partial charge in [-0.15, -0.1) is 0 Å². The summed E-state index contributed by atoms with van der Waals surface area (Å²) in [7, 11) is -3.65. The van der Waals surface area contributed by atoms with Crippen molar-refractivity contribution in [1.29, 1.82) is 0 Å². The highest BCUT2D eigenvalue weighted by Crippen LogP contribution is 2.34. The van der Waals surface area contributed by atoms with Crippen molar-refractivity contribution >= 4 is 27.5 Å². The zero-order chi connectivity index (χ0) is 27.7. The maximum Gasteiger partial charge on any atom is 0.242 e. The van der Waals surface area contributed by atoms with Crippen molar-refractivity contribution in [2.75, 3.05) is 36.9 Å². The molecule has 0 spiro atoms. The molecule has 0 saturated carbocycles. The highest BCUT2D eigenvalue weighted by atomic mass is 32.2. The number of nitrogens with zero attached hydrogens (tertiary/aromatic N) is 2. The van der Waals surface area contributed by atoms with E-state index in [0.717, 1.165) is 12.7 Å². The van der Waals surface area contributed by atoms with Gasteiger partial charge in [0.1, 0.15) is 25.1 Å². The quantitative estimate of drug-likeness (QED) is 0.410. The lowest BCUT2D eigenvalue weighted by atomic mass is 10.1. The molecule has 38 heavy (non-hydrogen) atoms. The lowest BCUT2D eigenvalue weighted by Crippen LogP contribution is -2.49. The number of sulfonamides is 1. The normalized spacial score (nSPS) is 13.5. The van der Waals surface area contributed by atoms with Gasteiger partial charge in [0.05, 0.1) is 11.9 Å². The van der Waals surface area contributed by atoms with Crippen LogP contribution in [0.5, 0.6) is 11.5 Å². The van der Waals surface area contributed by atoms with Gasteiger partial charge in [-0.1, -0.05) is 26.0 Å². The maximum atomic E-state index is 13.4. The van der Waals surface area contributed by atoms with Crippen molar-refractivity contribution in [3.05, 3.63) is 53.8 Å². The third-order valence-corrected chi connectivity index (χ3v) is 7.36. The Morgan fingerprint density at radius 2 is 1.74 bits per heavy atom. The molecular weight excluding hydrogens is 513 g/mol. The number of anilines is 1. The zero-order valence-corrected chi connectivity index (χ0v) is 22.9. The van der Waals surface area contributed by atoms with Crippen LogP contribution in [0.1, 0.15) is 45.1 Å². The van der Waals surface area contributed by atoms with E-state index < -0.39 is 16.1 Å². The van der Waals surface area contributed by atoms with Gasteiger partial charge in [0, 0.05) is 32.1 Å².